The van der Waals surface area contributed by atoms with E-state index in [1.807, 2.05) is 18.2 Å². The van der Waals surface area contributed by atoms with Crippen molar-refractivity contribution in [3.63, 3.8) is 0 Å². The average molecular weight is 520 g/mol. The summed E-state index contributed by atoms with van der Waals surface area (Å²) in [5.41, 5.74) is 8.02. The number of nitrogens with one attached hydrogen (secondary N) is 1. The van der Waals surface area contributed by atoms with Crippen molar-refractivity contribution in [1.82, 2.24) is 4.98 Å². The lowest BCUT2D eigenvalue weighted by Crippen LogP contribution is -2.25. The van der Waals surface area contributed by atoms with Gasteiger partial charge in [-0.25, -0.2) is 4.98 Å². The lowest BCUT2D eigenvalue weighted by molar-refractivity contribution is 0.518. The molecule has 0 aliphatic carbocycles. The van der Waals surface area contributed by atoms with Gasteiger partial charge in [0.15, 0.2) is 0 Å². The van der Waals surface area contributed by atoms with E-state index < -0.39 is 0 Å². The zero-order chi connectivity index (χ0) is 17.1. The van der Waals surface area contributed by atoms with Gasteiger partial charge in [0.2, 0.25) is 0 Å². The van der Waals surface area contributed by atoms with Crippen LogP contribution in [0.5, 0.6) is 0 Å². The van der Waals surface area contributed by atoms with Gasteiger partial charge in [-0.2, -0.15) is 11.8 Å². The van der Waals surface area contributed by atoms with Crippen LogP contribution in [0.15, 0.2) is 33.4 Å². The van der Waals surface area contributed by atoms with E-state index in [1.165, 1.54) is 4.88 Å². The van der Waals surface area contributed by atoms with Crippen molar-refractivity contribution < 1.29 is 4.42 Å². The third-order valence-electron chi connectivity index (χ3n) is 3.48. The molecule has 3 aromatic rings. The van der Waals surface area contributed by atoms with E-state index in [1.54, 1.807) is 29.4 Å². The van der Waals surface area contributed by atoms with Crippen LogP contribution >= 0.6 is 75.4 Å². The molecule has 26 heavy (non-hydrogen) atoms. The van der Waals surface area contributed by atoms with Gasteiger partial charge in [0.05, 0.1) is 33.2 Å². The zero-order valence-electron chi connectivity index (χ0n) is 13.8. The number of thioether (sulfide) groups is 1. The van der Waals surface area contributed by atoms with Gasteiger partial charge >= 0.3 is 0 Å². The lowest BCUT2D eigenvalue weighted by Gasteiger charge is -2.08. The number of halogens is 4. The molecule has 0 fully saturated rings. The summed E-state index contributed by atoms with van der Waals surface area (Å²) in [6.07, 6.45) is 4.55. The van der Waals surface area contributed by atoms with Crippen LogP contribution in [0, 0.1) is 0 Å². The minimum absolute atomic E-state index is 0. The van der Waals surface area contributed by atoms with Crippen LogP contribution < -0.4 is 11.1 Å². The Bertz CT molecular complexity index is 830. The fraction of sp³-hybridized carbons (Fsp3) is 0.312. The van der Waals surface area contributed by atoms with Crippen LogP contribution in [0.4, 0.5) is 5.69 Å². The monoisotopic (exact) mass is 517 g/mol. The first-order valence-corrected chi connectivity index (χ1v) is 10.7. The maximum atomic E-state index is 6.20. The Kier molecular flexibility index (Phi) is 10.1. The molecule has 3 heterocycles. The molecule has 0 unspecified atom stereocenters. The molecule has 3 aromatic heterocycles. The predicted molar refractivity (Wildman–Crippen MR) is 123 cm³/mol. The molecule has 3 rings (SSSR count). The Morgan fingerprint density at radius 2 is 2.23 bits per heavy atom. The zero-order valence-corrected chi connectivity index (χ0v) is 19.4. The fourth-order valence-electron chi connectivity index (χ4n) is 2.42. The number of nitrogens with two attached hydrogens (primary N) is 1. The quantitative estimate of drug-likeness (QED) is 0.375. The number of nitrogens with zero attached hydrogens (tertiary/aromatic N) is 1. The van der Waals surface area contributed by atoms with Crippen LogP contribution in [0.1, 0.15) is 10.6 Å². The molecular formula is C16H19BrCl3N3OS2. The largest absolute Gasteiger partial charge is 0.467 e. The summed E-state index contributed by atoms with van der Waals surface area (Å²) in [6, 6.07) is 5.78. The van der Waals surface area contributed by atoms with E-state index in [-0.39, 0.29) is 30.9 Å². The average Bonchev–Trinajstić information content (AvgIpc) is 3.15. The predicted octanol–water partition coefficient (Wildman–Crippen LogP) is 5.99. The molecule has 1 atom stereocenters. The number of rotatable bonds is 7. The second-order valence-electron chi connectivity index (χ2n) is 5.36. The molecule has 144 valence electrons. The topological polar surface area (TPSA) is 64.1 Å². The van der Waals surface area contributed by atoms with Crippen LogP contribution in [0.3, 0.4) is 0 Å². The van der Waals surface area contributed by atoms with Gasteiger partial charge in [0.1, 0.15) is 10.9 Å². The molecular weight excluding hydrogens is 501 g/mol. The van der Waals surface area contributed by atoms with Crippen molar-refractivity contribution in [1.29, 1.82) is 0 Å². The summed E-state index contributed by atoms with van der Waals surface area (Å²) in [5.74, 6) is 1.80. The molecule has 4 nitrogen and oxygen atoms in total. The van der Waals surface area contributed by atoms with E-state index in [0.717, 1.165) is 38.3 Å². The Hall–Kier alpha value is -0.150. The second kappa shape index (κ2) is 11.0. The number of anilines is 1. The van der Waals surface area contributed by atoms with Crippen LogP contribution in [0.25, 0.3) is 10.2 Å². The second-order valence-corrected chi connectivity index (χ2v) is 8.56. The number of pyridine rings is 1. The molecule has 10 heteroatoms. The van der Waals surface area contributed by atoms with Crippen LogP contribution in [-0.2, 0) is 13.0 Å². The minimum Gasteiger partial charge on any atom is -0.467 e. The molecule has 0 saturated heterocycles. The summed E-state index contributed by atoms with van der Waals surface area (Å²) >= 11 is 13.3. The first-order chi connectivity index (χ1) is 11.6. The summed E-state index contributed by atoms with van der Waals surface area (Å²) in [4.78, 5) is 5.67. The van der Waals surface area contributed by atoms with E-state index in [4.69, 9.17) is 21.8 Å². The highest BCUT2D eigenvalue weighted by atomic mass is 79.9. The first-order valence-electron chi connectivity index (χ1n) is 7.36. The van der Waals surface area contributed by atoms with Gasteiger partial charge in [-0.1, -0.05) is 11.6 Å². The molecule has 3 N–H and O–H groups in total. The number of fused-ring (bicyclic) bond motifs is 1. The smallest absolute Gasteiger partial charge is 0.131 e. The van der Waals surface area contributed by atoms with E-state index >= 15 is 0 Å². The van der Waals surface area contributed by atoms with Gasteiger partial charge in [0.25, 0.3) is 0 Å². The highest BCUT2D eigenvalue weighted by molar-refractivity contribution is 9.10. The molecule has 0 aliphatic heterocycles. The Balaban J connectivity index is 0.00000169. The molecule has 0 radical (unpaired) electrons. The summed E-state index contributed by atoms with van der Waals surface area (Å²) in [5, 5.41) is 3.85. The molecule has 0 aliphatic rings. The Morgan fingerprint density at radius 3 is 2.88 bits per heavy atom. The standard InChI is InChI=1S/C16H17BrClN3OS2.2ClH/c1-23-8-9(19)5-12-14(17)15-16(24-12)11(6-13(18)21-15)20-7-10-3-2-4-22-10;;/h2-4,6,9H,5,7-8,19H2,1H3,(H,20,21);2*1H/t9-;;/m1../s1. The third-order valence-corrected chi connectivity index (χ3v) is 6.79. The third kappa shape index (κ3) is 5.67. The molecule has 0 amide bonds. The van der Waals surface area contributed by atoms with Crippen molar-refractivity contribution in [2.45, 2.75) is 19.0 Å². The Labute approximate surface area is 186 Å². The van der Waals surface area contributed by atoms with Gasteiger partial charge in [-0.3, -0.25) is 0 Å². The number of thiophene rings is 1. The summed E-state index contributed by atoms with van der Waals surface area (Å²) < 4.78 is 7.43. The number of furan rings is 1. The highest BCUT2D eigenvalue weighted by Crippen LogP contribution is 2.40. The normalized spacial score (nSPS) is 11.7. The van der Waals surface area contributed by atoms with Crippen LogP contribution in [-0.4, -0.2) is 23.0 Å². The maximum Gasteiger partial charge on any atom is 0.131 e. The fourth-order valence-corrected chi connectivity index (χ4v) is 5.20. The van der Waals surface area contributed by atoms with Gasteiger partial charge in [-0.15, -0.1) is 36.2 Å². The highest BCUT2D eigenvalue weighted by Gasteiger charge is 2.17. The molecule has 0 saturated carbocycles. The van der Waals surface area contributed by atoms with Crippen LogP contribution in [0.2, 0.25) is 5.15 Å². The maximum absolute atomic E-state index is 6.20. The number of hydrogen-bond acceptors (Lipinski definition) is 6. The van der Waals surface area contributed by atoms with Crippen molar-refractivity contribution in [3.8, 4) is 0 Å². The first kappa shape index (κ1) is 23.9. The van der Waals surface area contributed by atoms with E-state index in [0.29, 0.717) is 11.7 Å². The molecule has 0 spiro atoms. The number of hydrogen-bond donors (Lipinski definition) is 2. The minimum atomic E-state index is 0. The van der Waals surface area contributed by atoms with E-state index in [9.17, 15) is 0 Å². The van der Waals surface area contributed by atoms with Gasteiger partial charge < -0.3 is 15.5 Å². The van der Waals surface area contributed by atoms with Gasteiger partial charge in [-0.05, 0) is 40.7 Å². The van der Waals surface area contributed by atoms with Crippen molar-refractivity contribution >= 4 is 91.3 Å². The lowest BCUT2D eigenvalue weighted by atomic mass is 10.2. The SMILES string of the molecule is CSC[C@H](N)Cc1sc2c(NCc3ccco3)cc(Cl)nc2c1Br.Cl.Cl. The van der Waals surface area contributed by atoms with Crippen molar-refractivity contribution in [2.75, 3.05) is 17.3 Å². The summed E-state index contributed by atoms with van der Waals surface area (Å²) in [7, 11) is 0. The molecule has 0 aromatic carbocycles. The number of aromatic nitrogens is 1. The summed E-state index contributed by atoms with van der Waals surface area (Å²) in [6.45, 7) is 0.597. The van der Waals surface area contributed by atoms with E-state index in [2.05, 4.69) is 32.5 Å². The molecule has 0 bridgehead atoms. The van der Waals surface area contributed by atoms with Crippen molar-refractivity contribution in [3.05, 3.63) is 44.7 Å². The van der Waals surface area contributed by atoms with Crippen molar-refractivity contribution in [2.24, 2.45) is 5.73 Å². The van der Waals surface area contributed by atoms with Gasteiger partial charge in [0, 0.05) is 22.7 Å². The Morgan fingerprint density at radius 1 is 1.46 bits per heavy atom.